The zero-order valence-electron chi connectivity index (χ0n) is 15.9. The first-order chi connectivity index (χ1) is 14.0. The third-order valence-corrected chi connectivity index (χ3v) is 4.97. The molecular weight excluding hydrogens is 394 g/mol. The van der Waals surface area contributed by atoms with E-state index in [4.69, 9.17) is 21.1 Å². The van der Waals surface area contributed by atoms with Crippen LogP contribution < -0.4 is 15.0 Å². The molecule has 0 aliphatic carbocycles. The van der Waals surface area contributed by atoms with Gasteiger partial charge >= 0.3 is 0 Å². The van der Waals surface area contributed by atoms with Gasteiger partial charge in [0, 0.05) is 13.5 Å². The lowest BCUT2D eigenvalue weighted by Crippen LogP contribution is -2.29. The maximum atomic E-state index is 12.7. The highest BCUT2D eigenvalue weighted by Crippen LogP contribution is 2.38. The molecule has 0 bridgehead atoms. The molecule has 1 aliphatic rings. The van der Waals surface area contributed by atoms with Crippen molar-refractivity contribution in [2.45, 2.75) is 19.4 Å². The Labute approximate surface area is 172 Å². The molecule has 8 heteroatoms. The number of para-hydroxylation sites is 1. The highest BCUT2D eigenvalue weighted by Gasteiger charge is 2.18. The van der Waals surface area contributed by atoms with E-state index in [1.165, 1.54) is 4.90 Å². The molecular formula is C21H20ClN3O4. The van der Waals surface area contributed by atoms with Gasteiger partial charge in [0.05, 0.1) is 42.1 Å². The Morgan fingerprint density at radius 2 is 2.03 bits per heavy atom. The van der Waals surface area contributed by atoms with Crippen molar-refractivity contribution in [1.29, 1.82) is 0 Å². The number of likely N-dealkylation sites (N-methyl/N-ethyl adjacent to an activating group) is 1. The van der Waals surface area contributed by atoms with Crippen molar-refractivity contribution in [2.24, 2.45) is 0 Å². The van der Waals surface area contributed by atoms with Gasteiger partial charge < -0.3 is 19.4 Å². The number of aromatic nitrogens is 2. The molecule has 0 saturated heterocycles. The molecule has 0 spiro atoms. The summed E-state index contributed by atoms with van der Waals surface area (Å²) in [6.45, 7) is 1.28. The number of aromatic amines is 1. The lowest BCUT2D eigenvalue weighted by molar-refractivity contribution is -0.129. The average molecular weight is 414 g/mol. The van der Waals surface area contributed by atoms with Crippen molar-refractivity contribution in [3.05, 3.63) is 63.2 Å². The topological polar surface area (TPSA) is 84.5 Å². The summed E-state index contributed by atoms with van der Waals surface area (Å²) in [5.41, 5.74) is 1.11. The fourth-order valence-electron chi connectivity index (χ4n) is 3.22. The van der Waals surface area contributed by atoms with Crippen LogP contribution >= 0.6 is 11.6 Å². The Hall–Kier alpha value is -3.06. The van der Waals surface area contributed by atoms with E-state index in [0.717, 1.165) is 12.0 Å². The van der Waals surface area contributed by atoms with Crippen LogP contribution in [0.3, 0.4) is 0 Å². The predicted octanol–water partition coefficient (Wildman–Crippen LogP) is 2.94. The van der Waals surface area contributed by atoms with E-state index in [9.17, 15) is 9.59 Å². The summed E-state index contributed by atoms with van der Waals surface area (Å²) < 4.78 is 11.3. The summed E-state index contributed by atoms with van der Waals surface area (Å²) in [6, 6.07) is 10.6. The van der Waals surface area contributed by atoms with Crippen LogP contribution in [-0.4, -0.2) is 41.0 Å². The van der Waals surface area contributed by atoms with Crippen molar-refractivity contribution < 1.29 is 14.3 Å². The number of nitrogens with zero attached hydrogens (tertiary/aromatic N) is 2. The largest absolute Gasteiger partial charge is 0.489 e. The Morgan fingerprint density at radius 3 is 2.90 bits per heavy atom. The molecule has 0 atom stereocenters. The van der Waals surface area contributed by atoms with Crippen molar-refractivity contribution >= 4 is 28.4 Å². The summed E-state index contributed by atoms with van der Waals surface area (Å²) in [5, 5.41) is 0.947. The smallest absolute Gasteiger partial charge is 0.258 e. The van der Waals surface area contributed by atoms with Crippen LogP contribution in [0.15, 0.2) is 41.2 Å². The molecule has 0 unspecified atom stereocenters. The minimum absolute atomic E-state index is 0.133. The van der Waals surface area contributed by atoms with Gasteiger partial charge in [0.1, 0.15) is 5.82 Å². The number of nitrogens with one attached hydrogen (secondary N) is 1. The van der Waals surface area contributed by atoms with E-state index in [-0.39, 0.29) is 24.4 Å². The molecule has 4 rings (SSSR count). The number of benzene rings is 2. The van der Waals surface area contributed by atoms with E-state index in [1.54, 1.807) is 37.4 Å². The number of hydrogen-bond donors (Lipinski definition) is 1. The van der Waals surface area contributed by atoms with Gasteiger partial charge in [-0.1, -0.05) is 23.7 Å². The van der Waals surface area contributed by atoms with E-state index in [2.05, 4.69) is 9.97 Å². The van der Waals surface area contributed by atoms with Gasteiger partial charge in [0.2, 0.25) is 5.91 Å². The van der Waals surface area contributed by atoms with Crippen LogP contribution in [0.25, 0.3) is 10.9 Å². The van der Waals surface area contributed by atoms with E-state index < -0.39 is 0 Å². The number of fused-ring (bicyclic) bond motifs is 2. The quantitative estimate of drug-likeness (QED) is 0.710. The first-order valence-corrected chi connectivity index (χ1v) is 9.69. The third-order valence-electron chi connectivity index (χ3n) is 4.69. The second kappa shape index (κ2) is 8.13. The van der Waals surface area contributed by atoms with Crippen molar-refractivity contribution in [1.82, 2.24) is 14.9 Å². The Bertz CT molecular complexity index is 1130. The normalized spacial score (nSPS) is 13.2. The van der Waals surface area contributed by atoms with Crippen LogP contribution in [0.4, 0.5) is 0 Å². The van der Waals surface area contributed by atoms with Gasteiger partial charge in [-0.3, -0.25) is 9.59 Å². The highest BCUT2D eigenvalue weighted by molar-refractivity contribution is 6.32. The SMILES string of the molecule is CN(Cc1nc2ccccc2c(=O)[nH]1)C(=O)Cc1cc(Cl)c2c(c1)OCCCO2. The standard InChI is InChI=1S/C21H20ClN3O4/c1-25(12-18-23-16-6-3-2-5-14(16)21(27)24-18)19(26)11-13-9-15(22)20-17(10-13)28-7-4-8-29-20/h2-3,5-6,9-10H,4,7-8,11-12H2,1H3,(H,23,24,27). The van der Waals surface area contributed by atoms with Gasteiger partial charge in [0.15, 0.2) is 11.5 Å². The molecule has 1 amide bonds. The van der Waals surface area contributed by atoms with E-state index in [1.807, 2.05) is 6.07 Å². The lowest BCUT2D eigenvalue weighted by atomic mass is 10.1. The van der Waals surface area contributed by atoms with Crippen LogP contribution in [-0.2, 0) is 17.8 Å². The molecule has 2 aromatic carbocycles. The summed E-state index contributed by atoms with van der Waals surface area (Å²) >= 11 is 6.31. The molecule has 1 aliphatic heterocycles. The van der Waals surface area contributed by atoms with Gasteiger partial charge in [-0.25, -0.2) is 4.98 Å². The Morgan fingerprint density at radius 1 is 1.24 bits per heavy atom. The number of amides is 1. The van der Waals surface area contributed by atoms with Gasteiger partial charge in [0.25, 0.3) is 5.56 Å². The minimum Gasteiger partial charge on any atom is -0.489 e. The van der Waals surface area contributed by atoms with Gasteiger partial charge in [-0.2, -0.15) is 0 Å². The van der Waals surface area contributed by atoms with E-state index in [0.29, 0.717) is 46.5 Å². The molecule has 150 valence electrons. The van der Waals surface area contributed by atoms with Crippen LogP contribution in [0.5, 0.6) is 11.5 Å². The van der Waals surface area contributed by atoms with Gasteiger partial charge in [-0.05, 0) is 29.8 Å². The van der Waals surface area contributed by atoms with E-state index >= 15 is 0 Å². The lowest BCUT2D eigenvalue weighted by Gasteiger charge is -2.18. The second-order valence-corrected chi connectivity index (χ2v) is 7.32. The number of hydrogen-bond acceptors (Lipinski definition) is 5. The monoisotopic (exact) mass is 413 g/mol. The maximum absolute atomic E-state index is 12.7. The average Bonchev–Trinajstić information content (AvgIpc) is 2.94. The minimum atomic E-state index is -0.221. The van der Waals surface area contributed by atoms with Crippen molar-refractivity contribution in [3.63, 3.8) is 0 Å². The first kappa shape index (κ1) is 19.3. The number of carbonyl (C=O) groups is 1. The number of ether oxygens (including phenoxy) is 2. The Balaban J connectivity index is 1.50. The maximum Gasteiger partial charge on any atom is 0.258 e. The number of halogens is 1. The first-order valence-electron chi connectivity index (χ1n) is 9.31. The van der Waals surface area contributed by atoms with Crippen molar-refractivity contribution in [2.75, 3.05) is 20.3 Å². The molecule has 1 N–H and O–H groups in total. The molecule has 29 heavy (non-hydrogen) atoms. The summed E-state index contributed by atoms with van der Waals surface area (Å²) in [6.07, 6.45) is 0.920. The zero-order valence-corrected chi connectivity index (χ0v) is 16.7. The fraction of sp³-hybridized carbons (Fsp3) is 0.286. The number of rotatable bonds is 4. The molecule has 3 aromatic rings. The Kier molecular flexibility index (Phi) is 5.40. The van der Waals surface area contributed by atoms with Crippen LogP contribution in [0, 0.1) is 0 Å². The molecule has 2 heterocycles. The molecule has 0 saturated carbocycles. The molecule has 0 radical (unpaired) electrons. The summed E-state index contributed by atoms with van der Waals surface area (Å²) in [4.78, 5) is 33.6. The van der Waals surface area contributed by atoms with Gasteiger partial charge in [-0.15, -0.1) is 0 Å². The predicted molar refractivity (Wildman–Crippen MR) is 110 cm³/mol. The summed E-state index contributed by atoms with van der Waals surface area (Å²) in [5.74, 6) is 1.38. The number of carbonyl (C=O) groups excluding carboxylic acids is 1. The van der Waals surface area contributed by atoms with Crippen LogP contribution in [0.2, 0.25) is 5.02 Å². The molecule has 1 aromatic heterocycles. The summed E-state index contributed by atoms with van der Waals surface area (Å²) in [7, 11) is 1.67. The second-order valence-electron chi connectivity index (χ2n) is 6.91. The highest BCUT2D eigenvalue weighted by atomic mass is 35.5. The zero-order chi connectivity index (χ0) is 20.4. The fourth-order valence-corrected chi connectivity index (χ4v) is 3.51. The number of H-pyrrole nitrogens is 1. The molecule has 0 fully saturated rings. The third kappa shape index (κ3) is 4.19. The van der Waals surface area contributed by atoms with Crippen molar-refractivity contribution in [3.8, 4) is 11.5 Å². The molecule has 7 nitrogen and oxygen atoms in total. The van der Waals surface area contributed by atoms with Crippen LogP contribution in [0.1, 0.15) is 17.8 Å².